The van der Waals surface area contributed by atoms with Crippen molar-refractivity contribution in [3.8, 4) is 11.1 Å². The van der Waals surface area contributed by atoms with Gasteiger partial charge in [-0.05, 0) is 34.4 Å². The van der Waals surface area contributed by atoms with Crippen molar-refractivity contribution in [3.63, 3.8) is 0 Å². The van der Waals surface area contributed by atoms with Gasteiger partial charge in [0.05, 0.1) is 22.5 Å². The van der Waals surface area contributed by atoms with Gasteiger partial charge in [-0.2, -0.15) is 0 Å². The van der Waals surface area contributed by atoms with Gasteiger partial charge >= 0.3 is 0 Å². The van der Waals surface area contributed by atoms with Gasteiger partial charge in [0.15, 0.2) is 5.60 Å². The Morgan fingerprint density at radius 3 is 1.34 bits per heavy atom. The van der Waals surface area contributed by atoms with Crippen LogP contribution in [-0.2, 0) is 15.9 Å². The fourth-order valence-electron chi connectivity index (χ4n) is 7.06. The Hall–Kier alpha value is -5.42. The molecule has 44 heavy (non-hydrogen) atoms. The van der Waals surface area contributed by atoms with Crippen molar-refractivity contribution in [2.24, 2.45) is 9.98 Å². The predicted octanol–water partition coefficient (Wildman–Crippen LogP) is 9.29. The molecule has 0 unspecified atom stereocenters. The first kappa shape index (κ1) is 26.2. The van der Waals surface area contributed by atoms with E-state index in [4.69, 9.17) is 14.9 Å². The van der Waals surface area contributed by atoms with Crippen LogP contribution in [0, 0.1) is 0 Å². The van der Waals surface area contributed by atoms with Crippen molar-refractivity contribution >= 4 is 22.8 Å². The Labute approximate surface area is 256 Å². The normalized spacial score (nSPS) is 17.8. The second-order valence-corrected chi connectivity index (χ2v) is 11.1. The summed E-state index contributed by atoms with van der Waals surface area (Å²) in [5.74, 6) is 0. The summed E-state index contributed by atoms with van der Waals surface area (Å²) in [6, 6.07) is 55.2. The zero-order chi connectivity index (χ0) is 29.6. The first-order chi connectivity index (χ1) is 21.8. The van der Waals surface area contributed by atoms with E-state index in [0.717, 1.165) is 50.3 Å². The summed E-state index contributed by atoms with van der Waals surface area (Å²) in [5.41, 5.74) is 6.97. The average Bonchev–Trinajstić information content (AvgIpc) is 3.10. The molecule has 0 saturated carbocycles. The molecule has 0 amide bonds. The topological polar surface area (TPSA) is 54.2 Å². The number of fused-ring (bicyclic) bond motifs is 5. The SMILES string of the molecule is OO[C@@]1(c2ccccc2)C2=Nc3ccccc3-c3ccccc3N=C2C(c2ccccc2)(c2ccccc2)c2ccccc21. The summed E-state index contributed by atoms with van der Waals surface area (Å²) in [6.07, 6.45) is 0. The lowest BCUT2D eigenvalue weighted by molar-refractivity contribution is -0.292. The number of para-hydroxylation sites is 2. The van der Waals surface area contributed by atoms with Crippen LogP contribution < -0.4 is 0 Å². The second kappa shape index (κ2) is 10.4. The number of benzene rings is 6. The number of aliphatic imine (C=N–C) groups is 2. The molecule has 1 atom stereocenters. The van der Waals surface area contributed by atoms with Crippen molar-refractivity contribution in [1.29, 1.82) is 0 Å². The number of hydrogen-bond donors (Lipinski definition) is 1. The van der Waals surface area contributed by atoms with E-state index in [1.165, 1.54) is 0 Å². The molecule has 2 aliphatic rings. The lowest BCUT2D eigenvalue weighted by atomic mass is 9.56. The van der Waals surface area contributed by atoms with Gasteiger partial charge in [0.1, 0.15) is 5.71 Å². The minimum atomic E-state index is -1.47. The zero-order valence-electron chi connectivity index (χ0n) is 23.8. The molecular weight excluding hydrogens is 540 g/mol. The molecule has 0 spiro atoms. The lowest BCUT2D eigenvalue weighted by Gasteiger charge is -2.49. The standard InChI is InChI=1S/C40H28N2O2/c43-44-40(30-20-8-3-9-21-30)34-25-13-12-24-33(34)39(28-16-4-1-5-17-28,29-18-6-2-7-19-29)37-38(40)42-36-27-15-11-23-32(36)31-22-10-14-26-35(31)41-37/h1-27,43H/t40-/m1/s1. The van der Waals surface area contributed by atoms with Gasteiger partial charge in [0, 0.05) is 16.7 Å². The number of rotatable bonds is 4. The largest absolute Gasteiger partial charge is 0.250 e. The summed E-state index contributed by atoms with van der Waals surface area (Å²) < 4.78 is 0. The zero-order valence-corrected chi connectivity index (χ0v) is 23.8. The van der Waals surface area contributed by atoms with E-state index < -0.39 is 11.0 Å². The fraction of sp³-hybridized carbons (Fsp3) is 0.0500. The van der Waals surface area contributed by atoms with Crippen molar-refractivity contribution in [1.82, 2.24) is 0 Å². The second-order valence-electron chi connectivity index (χ2n) is 11.1. The first-order valence-corrected chi connectivity index (χ1v) is 14.7. The molecule has 0 fully saturated rings. The summed E-state index contributed by atoms with van der Waals surface area (Å²) in [7, 11) is 0. The molecule has 8 rings (SSSR count). The highest BCUT2D eigenvalue weighted by atomic mass is 17.1. The molecular formula is C40H28N2O2. The highest BCUT2D eigenvalue weighted by molar-refractivity contribution is 6.52. The predicted molar refractivity (Wildman–Crippen MR) is 176 cm³/mol. The van der Waals surface area contributed by atoms with Crippen molar-refractivity contribution in [3.05, 3.63) is 192 Å². The van der Waals surface area contributed by atoms with Crippen LogP contribution in [0.15, 0.2) is 174 Å². The molecule has 1 heterocycles. The van der Waals surface area contributed by atoms with Gasteiger partial charge in [-0.3, -0.25) is 5.26 Å². The van der Waals surface area contributed by atoms with Gasteiger partial charge in [-0.1, -0.05) is 152 Å². The van der Waals surface area contributed by atoms with Gasteiger partial charge < -0.3 is 0 Å². The van der Waals surface area contributed by atoms with Crippen LogP contribution in [0.3, 0.4) is 0 Å². The summed E-state index contributed by atoms with van der Waals surface area (Å²) in [6.45, 7) is 0. The van der Waals surface area contributed by atoms with E-state index >= 15 is 0 Å². The monoisotopic (exact) mass is 568 g/mol. The molecule has 6 aromatic rings. The van der Waals surface area contributed by atoms with Crippen molar-refractivity contribution < 1.29 is 10.1 Å². The van der Waals surface area contributed by atoms with E-state index in [2.05, 4.69) is 66.7 Å². The third kappa shape index (κ3) is 3.65. The van der Waals surface area contributed by atoms with Crippen LogP contribution >= 0.6 is 0 Å². The number of nitrogens with zero attached hydrogens (tertiary/aromatic N) is 2. The Bertz CT molecular complexity index is 2010. The molecule has 0 saturated heterocycles. The van der Waals surface area contributed by atoms with Crippen LogP contribution in [0.2, 0.25) is 0 Å². The average molecular weight is 569 g/mol. The van der Waals surface area contributed by atoms with E-state index in [1.54, 1.807) is 0 Å². The molecule has 1 N–H and O–H groups in total. The highest BCUT2D eigenvalue weighted by Crippen LogP contribution is 2.55. The van der Waals surface area contributed by atoms with Crippen LogP contribution in [-0.4, -0.2) is 16.7 Å². The molecule has 1 aliphatic carbocycles. The molecule has 0 radical (unpaired) electrons. The third-order valence-corrected chi connectivity index (χ3v) is 8.92. The first-order valence-electron chi connectivity index (χ1n) is 14.7. The maximum atomic E-state index is 11.3. The maximum absolute atomic E-state index is 11.3. The summed E-state index contributed by atoms with van der Waals surface area (Å²) in [5, 5.41) is 11.3. The van der Waals surface area contributed by atoms with Crippen LogP contribution in [0.25, 0.3) is 11.1 Å². The molecule has 4 nitrogen and oxygen atoms in total. The van der Waals surface area contributed by atoms with Gasteiger partial charge in [-0.15, -0.1) is 0 Å². The van der Waals surface area contributed by atoms with Gasteiger partial charge in [-0.25, -0.2) is 14.9 Å². The molecule has 6 aromatic carbocycles. The van der Waals surface area contributed by atoms with Gasteiger partial charge in [0.2, 0.25) is 0 Å². The van der Waals surface area contributed by atoms with E-state index in [1.807, 2.05) is 97.1 Å². The van der Waals surface area contributed by atoms with E-state index in [9.17, 15) is 5.26 Å². The minimum absolute atomic E-state index is 0.527. The summed E-state index contributed by atoms with van der Waals surface area (Å²) >= 11 is 0. The van der Waals surface area contributed by atoms with Crippen LogP contribution in [0.4, 0.5) is 11.4 Å². The molecule has 1 aliphatic heterocycles. The quantitative estimate of drug-likeness (QED) is 0.170. The molecule has 210 valence electrons. The summed E-state index contributed by atoms with van der Waals surface area (Å²) in [4.78, 5) is 16.9. The molecule has 0 bridgehead atoms. The minimum Gasteiger partial charge on any atom is -0.250 e. The third-order valence-electron chi connectivity index (χ3n) is 8.92. The van der Waals surface area contributed by atoms with E-state index in [-0.39, 0.29) is 0 Å². The smallest absolute Gasteiger partial charge is 0.197 e. The Morgan fingerprint density at radius 2 is 0.818 bits per heavy atom. The maximum Gasteiger partial charge on any atom is 0.197 e. The van der Waals surface area contributed by atoms with Crippen LogP contribution in [0.1, 0.15) is 27.8 Å². The highest BCUT2D eigenvalue weighted by Gasteiger charge is 2.59. The van der Waals surface area contributed by atoms with Crippen molar-refractivity contribution in [2.75, 3.05) is 0 Å². The van der Waals surface area contributed by atoms with E-state index in [0.29, 0.717) is 11.4 Å². The molecule has 4 heteroatoms. The fourth-order valence-corrected chi connectivity index (χ4v) is 7.06. The van der Waals surface area contributed by atoms with Crippen molar-refractivity contribution in [2.45, 2.75) is 11.0 Å². The Morgan fingerprint density at radius 1 is 0.409 bits per heavy atom. The molecule has 0 aromatic heterocycles. The van der Waals surface area contributed by atoms with Gasteiger partial charge in [0.25, 0.3) is 0 Å². The van der Waals surface area contributed by atoms with Crippen LogP contribution in [0.5, 0.6) is 0 Å². The Kier molecular flexibility index (Phi) is 6.19. The number of hydrogen-bond acceptors (Lipinski definition) is 4. The Balaban J connectivity index is 1.65. The lowest BCUT2D eigenvalue weighted by Crippen LogP contribution is -2.57.